The number of likely N-dealkylation sites (tertiary alicyclic amines) is 1. The lowest BCUT2D eigenvalue weighted by atomic mass is 9.81. The fourth-order valence-corrected chi connectivity index (χ4v) is 8.68. The third-order valence-corrected chi connectivity index (χ3v) is 11.8. The van der Waals surface area contributed by atoms with Crippen LogP contribution in [0.25, 0.3) is 11.1 Å². The Bertz CT molecular complexity index is 1700. The fraction of sp³-hybridized carbons (Fsp3) is 0.394. The van der Waals surface area contributed by atoms with Crippen molar-refractivity contribution < 1.29 is 53.8 Å². The Balaban J connectivity index is 1.54. The minimum Gasteiger partial charge on any atom is -0.481 e. The first-order chi connectivity index (χ1) is 21.9. The third kappa shape index (κ3) is 6.00. The van der Waals surface area contributed by atoms with E-state index in [-0.39, 0.29) is 61.2 Å². The van der Waals surface area contributed by atoms with Gasteiger partial charge in [-0.15, -0.1) is 0 Å². The van der Waals surface area contributed by atoms with Crippen LogP contribution in [0.1, 0.15) is 43.2 Å². The monoisotopic (exact) mass is 685 g/mol. The summed E-state index contributed by atoms with van der Waals surface area (Å²) in [5.41, 5.74) is -6.19. The van der Waals surface area contributed by atoms with Crippen LogP contribution in [-0.4, -0.2) is 55.7 Å². The van der Waals surface area contributed by atoms with Crippen LogP contribution in [0.15, 0.2) is 83.8 Å². The molecule has 1 atom stereocenters. The van der Waals surface area contributed by atoms with E-state index in [0.29, 0.717) is 5.56 Å². The number of amides is 1. The molecule has 1 saturated heterocycles. The van der Waals surface area contributed by atoms with Gasteiger partial charge in [-0.25, -0.2) is 12.8 Å². The molecule has 0 radical (unpaired) electrons. The molecule has 2 aliphatic rings. The van der Waals surface area contributed by atoms with E-state index in [4.69, 9.17) is 0 Å². The summed E-state index contributed by atoms with van der Waals surface area (Å²) in [5.74, 6) is -2.58. The van der Waals surface area contributed by atoms with Crippen LogP contribution in [0, 0.1) is 11.8 Å². The molecular weight excluding hydrogens is 655 g/mol. The summed E-state index contributed by atoms with van der Waals surface area (Å²) in [6, 6.07) is 16.8. The maximum atomic E-state index is 14.8. The standard InChI is InChI=1S/C33H30F7NO5S/c34-31(32(35,36)37,33(38,39)40)26-14-12-25(13-15-26)30(18-19-41(20-30)28(42)23-6-8-24(9-7-23)29(43)44)47(45,46)27-16-10-22(11-17-27)21-4-2-1-3-5-21/h1-5,10-17,23-24H,6-9,18-20H2,(H,43,44)/t23-,24-,30-/m0/s1. The Kier molecular flexibility index (Phi) is 8.97. The van der Waals surface area contributed by atoms with E-state index < -0.39 is 68.4 Å². The zero-order chi connectivity index (χ0) is 34.4. The lowest BCUT2D eigenvalue weighted by Gasteiger charge is -2.33. The summed E-state index contributed by atoms with van der Waals surface area (Å²) in [6.45, 7) is -0.564. The lowest BCUT2D eigenvalue weighted by Crippen LogP contribution is -2.50. The van der Waals surface area contributed by atoms with Gasteiger partial charge in [-0.05, 0) is 60.9 Å². The first-order valence-electron chi connectivity index (χ1n) is 14.8. The van der Waals surface area contributed by atoms with Crippen molar-refractivity contribution in [1.82, 2.24) is 4.90 Å². The average molecular weight is 686 g/mol. The Morgan fingerprint density at radius 3 is 1.74 bits per heavy atom. The van der Waals surface area contributed by atoms with Crippen molar-refractivity contribution in [3.63, 3.8) is 0 Å². The second kappa shape index (κ2) is 12.3. The number of rotatable bonds is 7. The molecule has 14 heteroatoms. The fourth-order valence-electron chi connectivity index (χ4n) is 6.60. The van der Waals surface area contributed by atoms with Gasteiger partial charge >= 0.3 is 24.0 Å². The van der Waals surface area contributed by atoms with Crippen molar-refractivity contribution in [2.75, 3.05) is 13.1 Å². The summed E-state index contributed by atoms with van der Waals surface area (Å²) < 4.78 is 122. The number of carbonyl (C=O) groups excluding carboxylic acids is 1. The average Bonchev–Trinajstić information content (AvgIpc) is 3.51. The normalized spacial score (nSPS) is 22.7. The van der Waals surface area contributed by atoms with E-state index in [0.717, 1.165) is 17.7 Å². The van der Waals surface area contributed by atoms with Crippen LogP contribution in [0.5, 0.6) is 0 Å². The quantitative estimate of drug-likeness (QED) is 0.261. The van der Waals surface area contributed by atoms with Gasteiger partial charge in [0.25, 0.3) is 0 Å². The van der Waals surface area contributed by atoms with Crippen LogP contribution >= 0.6 is 0 Å². The van der Waals surface area contributed by atoms with Crippen molar-refractivity contribution in [3.05, 3.63) is 90.0 Å². The Morgan fingerprint density at radius 2 is 1.23 bits per heavy atom. The minimum atomic E-state index is -6.35. The Labute approximate surface area is 266 Å². The van der Waals surface area contributed by atoms with Gasteiger partial charge in [0.15, 0.2) is 9.84 Å². The summed E-state index contributed by atoms with van der Waals surface area (Å²) in [7, 11) is -4.48. The maximum absolute atomic E-state index is 14.8. The highest BCUT2D eigenvalue weighted by atomic mass is 32.2. The van der Waals surface area contributed by atoms with Gasteiger partial charge < -0.3 is 10.0 Å². The highest BCUT2D eigenvalue weighted by Gasteiger charge is 2.73. The van der Waals surface area contributed by atoms with Crippen molar-refractivity contribution in [3.8, 4) is 11.1 Å². The Hall–Kier alpha value is -3.94. The van der Waals surface area contributed by atoms with E-state index in [9.17, 15) is 53.8 Å². The number of carbonyl (C=O) groups is 2. The number of nitrogens with zero attached hydrogens (tertiary/aromatic N) is 1. The molecule has 1 saturated carbocycles. The molecule has 1 aliphatic carbocycles. The number of hydrogen-bond acceptors (Lipinski definition) is 4. The molecule has 0 unspecified atom stereocenters. The van der Waals surface area contributed by atoms with E-state index in [1.54, 1.807) is 30.3 Å². The molecule has 252 valence electrons. The highest BCUT2D eigenvalue weighted by molar-refractivity contribution is 7.92. The number of alkyl halides is 7. The molecule has 1 amide bonds. The van der Waals surface area contributed by atoms with Gasteiger partial charge in [-0.1, -0.05) is 66.7 Å². The van der Waals surface area contributed by atoms with Gasteiger partial charge in [0.1, 0.15) is 4.75 Å². The van der Waals surface area contributed by atoms with E-state index in [2.05, 4.69) is 0 Å². The topological polar surface area (TPSA) is 91.8 Å². The number of halogens is 7. The number of benzene rings is 3. The molecule has 0 spiro atoms. The zero-order valence-corrected chi connectivity index (χ0v) is 25.5. The third-order valence-electron chi connectivity index (χ3n) is 9.35. The van der Waals surface area contributed by atoms with Crippen molar-refractivity contribution >= 4 is 21.7 Å². The van der Waals surface area contributed by atoms with E-state index >= 15 is 0 Å². The van der Waals surface area contributed by atoms with Gasteiger partial charge in [-0.2, -0.15) is 26.3 Å². The van der Waals surface area contributed by atoms with Crippen LogP contribution in [0.4, 0.5) is 30.7 Å². The van der Waals surface area contributed by atoms with Crippen LogP contribution in [0.3, 0.4) is 0 Å². The first kappa shape index (κ1) is 34.4. The Morgan fingerprint density at radius 1 is 0.723 bits per heavy atom. The van der Waals surface area contributed by atoms with Gasteiger partial charge in [0.05, 0.1) is 10.8 Å². The highest BCUT2D eigenvalue weighted by Crippen LogP contribution is 2.54. The molecule has 47 heavy (non-hydrogen) atoms. The molecule has 1 aliphatic heterocycles. The van der Waals surface area contributed by atoms with E-state index in [1.165, 1.54) is 17.0 Å². The zero-order valence-electron chi connectivity index (χ0n) is 24.7. The van der Waals surface area contributed by atoms with Crippen molar-refractivity contribution in [1.29, 1.82) is 0 Å². The van der Waals surface area contributed by atoms with Gasteiger partial charge in [0, 0.05) is 24.6 Å². The molecular formula is C33H30F7NO5S. The number of sulfone groups is 1. The smallest absolute Gasteiger partial charge is 0.435 e. The molecule has 1 heterocycles. The molecule has 3 aromatic rings. The van der Waals surface area contributed by atoms with Gasteiger partial charge in [0.2, 0.25) is 5.91 Å². The molecule has 5 rings (SSSR count). The maximum Gasteiger partial charge on any atom is 0.435 e. The molecule has 2 fully saturated rings. The first-order valence-corrected chi connectivity index (χ1v) is 16.3. The molecule has 6 nitrogen and oxygen atoms in total. The molecule has 0 bridgehead atoms. The van der Waals surface area contributed by atoms with E-state index in [1.807, 2.05) is 12.1 Å². The van der Waals surface area contributed by atoms with Crippen LogP contribution in [0.2, 0.25) is 0 Å². The lowest BCUT2D eigenvalue weighted by molar-refractivity contribution is -0.348. The van der Waals surface area contributed by atoms with Crippen molar-refractivity contribution in [2.45, 2.75) is 59.8 Å². The molecule has 0 aromatic heterocycles. The van der Waals surface area contributed by atoms with Crippen LogP contribution < -0.4 is 0 Å². The largest absolute Gasteiger partial charge is 0.481 e. The van der Waals surface area contributed by atoms with Crippen molar-refractivity contribution in [2.24, 2.45) is 11.8 Å². The number of carboxylic acids is 1. The summed E-state index contributed by atoms with van der Waals surface area (Å²) in [4.78, 5) is 26.0. The number of aliphatic carboxylic acids is 1. The minimum absolute atomic E-state index is 0.0983. The van der Waals surface area contributed by atoms with Gasteiger partial charge in [-0.3, -0.25) is 9.59 Å². The molecule has 1 N–H and O–H groups in total. The number of hydrogen-bond donors (Lipinski definition) is 1. The summed E-state index contributed by atoms with van der Waals surface area (Å²) in [5, 5.41) is 9.30. The summed E-state index contributed by atoms with van der Waals surface area (Å²) in [6.07, 6.45) is -11.9. The van der Waals surface area contributed by atoms with Crippen LogP contribution in [-0.2, 0) is 29.8 Å². The predicted octanol–water partition coefficient (Wildman–Crippen LogP) is 7.44. The predicted molar refractivity (Wildman–Crippen MR) is 156 cm³/mol. The molecule has 3 aromatic carbocycles. The summed E-state index contributed by atoms with van der Waals surface area (Å²) >= 11 is 0. The second-order valence-corrected chi connectivity index (χ2v) is 14.3. The SMILES string of the molecule is O=C(O)[C@H]1CC[C@H](C(=O)N2CC[C@](c3ccc(C(F)(C(F)(F)F)C(F)(F)F)cc3)(S(=O)(=O)c3ccc(-c4ccccc4)cc3)C2)CC1. The second-order valence-electron chi connectivity index (χ2n) is 12.0. The number of carboxylic acid groups (broad SMARTS) is 1.